The van der Waals surface area contributed by atoms with Gasteiger partial charge in [-0.1, -0.05) is 34.8 Å². The van der Waals surface area contributed by atoms with Gasteiger partial charge in [-0.05, 0) is 89.8 Å². The molecule has 2 fully saturated rings. The maximum absolute atomic E-state index is 14.6. The van der Waals surface area contributed by atoms with E-state index in [1.165, 1.54) is 46.9 Å². The number of rotatable bonds is 11. The molecule has 10 rings (SSSR count). The summed E-state index contributed by atoms with van der Waals surface area (Å²) in [5.74, 6) is -1.05. The van der Waals surface area contributed by atoms with E-state index in [-0.39, 0.29) is 17.2 Å². The Balaban J connectivity index is 0.000000143. The van der Waals surface area contributed by atoms with Crippen molar-refractivity contribution in [3.63, 3.8) is 0 Å². The zero-order valence-corrected chi connectivity index (χ0v) is 36.1. The van der Waals surface area contributed by atoms with Crippen LogP contribution >= 0.6 is 22.7 Å². The van der Waals surface area contributed by atoms with Gasteiger partial charge in [0, 0.05) is 36.3 Å². The Morgan fingerprint density at radius 1 is 0.714 bits per heavy atom. The van der Waals surface area contributed by atoms with Crippen molar-refractivity contribution in [2.75, 3.05) is 21.7 Å². The average Bonchev–Trinajstić information content (AvgIpc) is 3.96. The van der Waals surface area contributed by atoms with Crippen LogP contribution in [-0.4, -0.2) is 78.5 Å². The smallest absolute Gasteiger partial charge is 0.338 e. The maximum atomic E-state index is 14.6. The molecular weight excluding hydrogens is 851 g/mol. The monoisotopic (exact) mass is 892 g/mol. The lowest BCUT2D eigenvalue weighted by atomic mass is 10.2. The van der Waals surface area contributed by atoms with E-state index in [4.69, 9.17) is 10.8 Å². The number of nitrogens with zero attached hydrogens (tertiary/aromatic N) is 10. The first-order valence-corrected chi connectivity index (χ1v) is 21.7. The second-order valence-corrected chi connectivity index (χ2v) is 17.5. The van der Waals surface area contributed by atoms with Crippen molar-refractivity contribution >= 4 is 76.9 Å². The van der Waals surface area contributed by atoms with Crippen molar-refractivity contribution in [2.24, 2.45) is 0 Å². The molecule has 0 spiro atoms. The second kappa shape index (κ2) is 18.2. The van der Waals surface area contributed by atoms with Crippen LogP contribution in [0.25, 0.3) is 43.5 Å². The molecule has 2 aliphatic rings. The lowest BCUT2D eigenvalue weighted by Gasteiger charge is -2.11. The number of hydrogen-bond acceptors (Lipinski definition) is 15. The molecule has 6 heterocycles. The van der Waals surface area contributed by atoms with Crippen molar-refractivity contribution in [3.05, 3.63) is 96.1 Å². The zero-order valence-electron chi connectivity index (χ0n) is 34.5. The first kappa shape index (κ1) is 42.7. The number of nitrogen functional groups attached to an aromatic ring is 1. The molecule has 6 aromatic heterocycles. The minimum Gasteiger partial charge on any atom is -0.478 e. The van der Waals surface area contributed by atoms with Crippen LogP contribution in [0, 0.1) is 11.6 Å². The minimum atomic E-state index is -1.26. The van der Waals surface area contributed by atoms with Crippen molar-refractivity contribution < 1.29 is 23.5 Å². The molecule has 0 aliphatic heterocycles. The Morgan fingerprint density at radius 3 is 1.70 bits per heavy atom. The van der Waals surface area contributed by atoms with E-state index in [2.05, 4.69) is 70.1 Å². The topological polar surface area (TPSA) is 229 Å². The second-order valence-electron chi connectivity index (χ2n) is 15.4. The first-order chi connectivity index (χ1) is 30.3. The fraction of sp³-hybridized carbons (Fsp3) is 0.286. The molecule has 21 heteroatoms. The fourth-order valence-electron chi connectivity index (χ4n) is 6.16. The van der Waals surface area contributed by atoms with Crippen LogP contribution in [0.4, 0.5) is 30.7 Å². The van der Waals surface area contributed by atoms with Gasteiger partial charge in [-0.2, -0.15) is 0 Å². The molecule has 0 unspecified atom stereocenters. The fourth-order valence-corrected chi connectivity index (χ4v) is 8.09. The molecule has 324 valence electrons. The molecular formula is C42H42F2N14O3S2. The van der Waals surface area contributed by atoms with Crippen LogP contribution in [0.5, 0.6) is 0 Å². The summed E-state index contributed by atoms with van der Waals surface area (Å²) in [4.78, 5) is 40.9. The SMILES string of the molecule is CC(C)n1cnnc1-c1cccc(N)n1.CC(C)n1cnnc1-c1cccc(NC(=O)c2cc3sc(NC4CC4)nc3cc2F)n1.O=C(O)c1cc2sc(NC3CC3)nc2cc1F. The van der Waals surface area contributed by atoms with Crippen LogP contribution in [0.15, 0.2) is 73.3 Å². The van der Waals surface area contributed by atoms with E-state index < -0.39 is 23.5 Å². The number of carbonyl (C=O) groups excluding carboxylic acids is 1. The van der Waals surface area contributed by atoms with Crippen LogP contribution in [0.2, 0.25) is 0 Å². The van der Waals surface area contributed by atoms with Gasteiger partial charge in [-0.15, -0.1) is 20.4 Å². The first-order valence-electron chi connectivity index (χ1n) is 20.1. The van der Waals surface area contributed by atoms with Crippen LogP contribution in [0.1, 0.15) is 86.2 Å². The van der Waals surface area contributed by atoms with Crippen LogP contribution in [0.3, 0.4) is 0 Å². The van der Waals surface area contributed by atoms with Gasteiger partial charge in [0.2, 0.25) is 0 Å². The number of halogens is 2. The highest BCUT2D eigenvalue weighted by molar-refractivity contribution is 7.22. The van der Waals surface area contributed by atoms with Crippen molar-refractivity contribution in [1.29, 1.82) is 0 Å². The van der Waals surface area contributed by atoms with E-state index in [0.717, 1.165) is 52.2 Å². The Morgan fingerprint density at radius 2 is 1.21 bits per heavy atom. The van der Waals surface area contributed by atoms with Gasteiger partial charge in [0.15, 0.2) is 21.9 Å². The number of carboxylic acid groups (broad SMARTS) is 1. The average molecular weight is 893 g/mol. The number of aromatic carboxylic acids is 1. The summed E-state index contributed by atoms with van der Waals surface area (Å²) in [6.07, 6.45) is 7.84. The summed E-state index contributed by atoms with van der Waals surface area (Å²) in [5.41, 5.74) is 7.62. The number of benzene rings is 2. The summed E-state index contributed by atoms with van der Waals surface area (Å²) in [6, 6.07) is 17.4. The van der Waals surface area contributed by atoms with Crippen LogP contribution < -0.4 is 21.7 Å². The van der Waals surface area contributed by atoms with Gasteiger partial charge in [-0.3, -0.25) is 4.79 Å². The lowest BCUT2D eigenvalue weighted by molar-refractivity contribution is 0.0692. The van der Waals surface area contributed by atoms with Crippen molar-refractivity contribution in [1.82, 2.24) is 49.5 Å². The third-order valence-electron chi connectivity index (χ3n) is 9.72. The molecule has 2 aromatic carbocycles. The molecule has 0 bridgehead atoms. The summed E-state index contributed by atoms with van der Waals surface area (Å²) >= 11 is 2.77. The van der Waals surface area contributed by atoms with Gasteiger partial charge >= 0.3 is 5.97 Å². The lowest BCUT2D eigenvalue weighted by Crippen LogP contribution is -2.15. The number of hydrogen-bond donors (Lipinski definition) is 5. The number of amides is 1. The van der Waals surface area contributed by atoms with E-state index in [0.29, 0.717) is 57.0 Å². The third kappa shape index (κ3) is 10.2. The Kier molecular flexibility index (Phi) is 12.3. The molecule has 0 saturated heterocycles. The minimum absolute atomic E-state index is 0.0494. The standard InChI is InChI=1S/C21H20FN7OS.C11H9FN2O2S.C10H13N5/c1-11(2)29-10-23-28-19(29)15-4-3-5-18(25-15)27-20(30)13-8-17-16(9-14(13)22)26-21(31-17)24-12-6-7-12;12-7-4-8-9(3-6(7)10(15)16)17-11(14-8)13-5-1-2-5;1-7(2)15-6-12-14-10(15)8-4-3-5-9(11)13-8/h3-5,8-12H,6-7H2,1-2H3,(H,24,26)(H,25,27,30);3-5H,1-2H2,(H,13,14)(H,15,16);3-7H,1-2H3,(H2,11,13). The summed E-state index contributed by atoms with van der Waals surface area (Å²) < 4.78 is 33.3. The summed E-state index contributed by atoms with van der Waals surface area (Å²) in [5, 5.41) is 35.5. The largest absolute Gasteiger partial charge is 0.478 e. The van der Waals surface area contributed by atoms with Gasteiger partial charge in [0.05, 0.1) is 31.6 Å². The highest BCUT2D eigenvalue weighted by atomic mass is 32.1. The maximum Gasteiger partial charge on any atom is 0.338 e. The summed E-state index contributed by atoms with van der Waals surface area (Å²) in [7, 11) is 0. The van der Waals surface area contributed by atoms with E-state index in [1.807, 2.05) is 35.1 Å². The number of carboxylic acids is 1. The van der Waals surface area contributed by atoms with Gasteiger partial charge in [0.1, 0.15) is 47.3 Å². The molecule has 6 N–H and O–H groups in total. The molecule has 63 heavy (non-hydrogen) atoms. The predicted octanol–water partition coefficient (Wildman–Crippen LogP) is 8.71. The quantitative estimate of drug-likeness (QED) is 0.0818. The van der Waals surface area contributed by atoms with Gasteiger partial charge in [0.25, 0.3) is 5.91 Å². The normalized spacial score (nSPS) is 13.4. The predicted molar refractivity (Wildman–Crippen MR) is 239 cm³/mol. The molecule has 17 nitrogen and oxygen atoms in total. The Hall–Kier alpha value is -7.00. The number of carbonyl (C=O) groups is 2. The number of fused-ring (bicyclic) bond motifs is 2. The number of anilines is 4. The third-order valence-corrected chi connectivity index (χ3v) is 11.6. The molecule has 1 amide bonds. The van der Waals surface area contributed by atoms with E-state index >= 15 is 0 Å². The number of thiazole rings is 2. The van der Waals surface area contributed by atoms with Crippen molar-refractivity contribution in [2.45, 2.75) is 77.5 Å². The number of nitrogens with one attached hydrogen (secondary N) is 3. The van der Waals surface area contributed by atoms with Crippen molar-refractivity contribution in [3.8, 4) is 23.0 Å². The highest BCUT2D eigenvalue weighted by Crippen LogP contribution is 2.34. The van der Waals surface area contributed by atoms with Gasteiger partial charge < -0.3 is 35.9 Å². The number of nitrogens with two attached hydrogens (primary N) is 1. The van der Waals surface area contributed by atoms with E-state index in [1.54, 1.807) is 36.9 Å². The zero-order chi connectivity index (χ0) is 44.4. The highest BCUT2D eigenvalue weighted by Gasteiger charge is 2.24. The van der Waals surface area contributed by atoms with Gasteiger partial charge in [-0.25, -0.2) is 33.5 Å². The summed E-state index contributed by atoms with van der Waals surface area (Å²) in [6.45, 7) is 8.17. The molecule has 0 radical (unpaired) electrons. The Bertz CT molecular complexity index is 2940. The molecule has 0 atom stereocenters. The van der Waals surface area contributed by atoms with E-state index in [9.17, 15) is 18.4 Å². The van der Waals surface area contributed by atoms with Crippen LogP contribution in [-0.2, 0) is 0 Å². The Labute approximate surface area is 366 Å². The number of pyridine rings is 2. The molecule has 2 saturated carbocycles. The number of aromatic nitrogens is 10. The molecule has 8 aromatic rings. The molecule has 2 aliphatic carbocycles.